The van der Waals surface area contributed by atoms with Gasteiger partial charge in [0, 0.05) is 62.6 Å². The predicted octanol–water partition coefficient (Wildman–Crippen LogP) is 3.43. The Kier molecular flexibility index (Phi) is 6.73. The minimum Gasteiger partial charge on any atom is -0.366 e. The van der Waals surface area contributed by atoms with Crippen LogP contribution in [0.4, 0.5) is 5.82 Å². The zero-order valence-electron chi connectivity index (χ0n) is 18.6. The number of primary amides is 1. The van der Waals surface area contributed by atoms with E-state index in [9.17, 15) is 9.59 Å². The van der Waals surface area contributed by atoms with Gasteiger partial charge in [0.05, 0.1) is 0 Å². The number of carbonyl (C=O) groups is 2. The van der Waals surface area contributed by atoms with Crippen molar-refractivity contribution in [2.45, 2.75) is 44.7 Å². The number of aromatic nitrogens is 2. The van der Waals surface area contributed by atoms with E-state index >= 15 is 0 Å². The first-order chi connectivity index (χ1) is 15.5. The summed E-state index contributed by atoms with van der Waals surface area (Å²) in [4.78, 5) is 32.9. The zero-order chi connectivity index (χ0) is 22.5. The fourth-order valence-corrected chi connectivity index (χ4v) is 4.49. The van der Waals surface area contributed by atoms with E-state index in [0.29, 0.717) is 18.0 Å². The molecule has 2 amide bonds. The third kappa shape index (κ3) is 4.93. The van der Waals surface area contributed by atoms with Gasteiger partial charge in [0.1, 0.15) is 5.82 Å². The molecule has 0 unspecified atom stereocenters. The van der Waals surface area contributed by atoms with Crippen LogP contribution in [-0.2, 0) is 11.3 Å². The van der Waals surface area contributed by atoms with Crippen molar-refractivity contribution in [1.82, 2.24) is 14.5 Å². The van der Waals surface area contributed by atoms with Gasteiger partial charge in [-0.1, -0.05) is 12.1 Å². The van der Waals surface area contributed by atoms with Gasteiger partial charge in [-0.25, -0.2) is 4.98 Å². The van der Waals surface area contributed by atoms with E-state index in [1.807, 2.05) is 60.7 Å². The molecule has 3 aromatic rings. The smallest absolute Gasteiger partial charge is 0.248 e. The van der Waals surface area contributed by atoms with Gasteiger partial charge in [-0.2, -0.15) is 0 Å². The number of nitrogens with zero attached hydrogens (tertiary/aromatic N) is 4. The fraction of sp³-hybridized carbons (Fsp3) is 0.400. The average Bonchev–Trinajstić information content (AvgIpc) is 3.24. The number of pyridine rings is 1. The first-order valence-corrected chi connectivity index (χ1v) is 11.3. The number of hydrogen-bond donors (Lipinski definition) is 1. The summed E-state index contributed by atoms with van der Waals surface area (Å²) in [6.45, 7) is 2.66. The fourth-order valence-electron chi connectivity index (χ4n) is 4.49. The van der Waals surface area contributed by atoms with Crippen LogP contribution in [0, 0.1) is 0 Å². The normalized spacial score (nSPS) is 14.6. The van der Waals surface area contributed by atoms with Gasteiger partial charge in [0.25, 0.3) is 0 Å². The lowest BCUT2D eigenvalue weighted by Crippen LogP contribution is -2.45. The molecule has 32 heavy (non-hydrogen) atoms. The molecule has 1 fully saturated rings. The Hall–Kier alpha value is -3.35. The highest BCUT2D eigenvalue weighted by Crippen LogP contribution is 2.22. The van der Waals surface area contributed by atoms with Gasteiger partial charge >= 0.3 is 0 Å². The standard InChI is InChI=1S/C25H31N5O2/c1-28(21-11-16-30(17-12-21)23-6-2-4-13-27-23)24(31)7-3-5-14-29-15-10-19-8-9-20(25(26)32)18-22(19)29/h2,4,6,8-10,13,15,18,21H,3,5,7,11-12,14,16-17H2,1H3,(H2,26,32). The van der Waals surface area contributed by atoms with Crippen LogP contribution >= 0.6 is 0 Å². The lowest BCUT2D eigenvalue weighted by molar-refractivity contribution is -0.132. The van der Waals surface area contributed by atoms with E-state index in [1.165, 1.54) is 0 Å². The van der Waals surface area contributed by atoms with Crippen LogP contribution in [0.3, 0.4) is 0 Å². The summed E-state index contributed by atoms with van der Waals surface area (Å²) in [5, 5.41) is 1.09. The summed E-state index contributed by atoms with van der Waals surface area (Å²) >= 11 is 0. The van der Waals surface area contributed by atoms with Gasteiger partial charge in [-0.05, 0) is 61.4 Å². The quantitative estimate of drug-likeness (QED) is 0.552. The molecule has 0 atom stereocenters. The number of fused-ring (bicyclic) bond motifs is 1. The van der Waals surface area contributed by atoms with E-state index < -0.39 is 5.91 Å². The van der Waals surface area contributed by atoms with Crippen LogP contribution in [-0.4, -0.2) is 52.4 Å². The number of rotatable bonds is 8. The van der Waals surface area contributed by atoms with Crippen LogP contribution in [0.25, 0.3) is 10.9 Å². The molecule has 168 valence electrons. The largest absolute Gasteiger partial charge is 0.366 e. The Labute approximate surface area is 188 Å². The highest BCUT2D eigenvalue weighted by atomic mass is 16.2. The monoisotopic (exact) mass is 433 g/mol. The van der Waals surface area contributed by atoms with E-state index in [-0.39, 0.29) is 5.91 Å². The van der Waals surface area contributed by atoms with Crippen LogP contribution in [0.1, 0.15) is 42.5 Å². The summed E-state index contributed by atoms with van der Waals surface area (Å²) in [6.07, 6.45) is 8.09. The Morgan fingerprint density at radius 2 is 1.94 bits per heavy atom. The zero-order valence-corrected chi connectivity index (χ0v) is 18.6. The summed E-state index contributed by atoms with van der Waals surface area (Å²) in [5.41, 5.74) is 6.93. The number of amides is 2. The first kappa shape index (κ1) is 21.9. The van der Waals surface area contributed by atoms with Crippen molar-refractivity contribution in [1.29, 1.82) is 0 Å². The molecule has 1 aliphatic rings. The molecule has 4 rings (SSSR count). The molecule has 0 radical (unpaired) electrons. The third-order valence-electron chi connectivity index (χ3n) is 6.48. The molecule has 0 bridgehead atoms. The van der Waals surface area contributed by atoms with E-state index in [2.05, 4.69) is 14.5 Å². The van der Waals surface area contributed by atoms with E-state index in [1.54, 1.807) is 6.07 Å². The molecule has 7 heteroatoms. The molecule has 0 saturated carbocycles. The van der Waals surface area contributed by atoms with E-state index in [0.717, 1.165) is 62.0 Å². The van der Waals surface area contributed by atoms with Crippen molar-refractivity contribution >= 4 is 28.5 Å². The third-order valence-corrected chi connectivity index (χ3v) is 6.48. The molecule has 0 aliphatic carbocycles. The Morgan fingerprint density at radius 3 is 2.66 bits per heavy atom. The summed E-state index contributed by atoms with van der Waals surface area (Å²) in [6, 6.07) is 13.8. The molecular weight excluding hydrogens is 402 g/mol. The topological polar surface area (TPSA) is 84.5 Å². The number of aryl methyl sites for hydroxylation is 1. The number of anilines is 1. The van der Waals surface area contributed by atoms with Gasteiger partial charge in [-0.15, -0.1) is 0 Å². The van der Waals surface area contributed by atoms with Crippen molar-refractivity contribution in [3.8, 4) is 0 Å². The lowest BCUT2D eigenvalue weighted by atomic mass is 10.0. The van der Waals surface area contributed by atoms with E-state index in [4.69, 9.17) is 5.73 Å². The number of benzene rings is 1. The van der Waals surface area contributed by atoms with Crippen molar-refractivity contribution in [3.05, 3.63) is 60.4 Å². The maximum absolute atomic E-state index is 12.7. The van der Waals surface area contributed by atoms with Crippen LogP contribution in [0.2, 0.25) is 0 Å². The van der Waals surface area contributed by atoms with Gasteiger partial charge in [0.15, 0.2) is 0 Å². The highest BCUT2D eigenvalue weighted by Gasteiger charge is 2.25. The van der Waals surface area contributed by atoms with Crippen LogP contribution in [0.5, 0.6) is 0 Å². The second kappa shape index (κ2) is 9.85. The van der Waals surface area contributed by atoms with Crippen molar-refractivity contribution in [2.75, 3.05) is 25.0 Å². The average molecular weight is 434 g/mol. The minimum absolute atomic E-state index is 0.217. The SMILES string of the molecule is CN(C(=O)CCCCn1ccc2ccc(C(N)=O)cc21)C1CCN(c2ccccn2)CC1. The highest BCUT2D eigenvalue weighted by molar-refractivity contribution is 5.97. The van der Waals surface area contributed by atoms with Gasteiger partial charge in [-0.3, -0.25) is 9.59 Å². The molecule has 2 aromatic heterocycles. The van der Waals surface area contributed by atoms with Crippen molar-refractivity contribution in [3.63, 3.8) is 0 Å². The molecule has 7 nitrogen and oxygen atoms in total. The summed E-state index contributed by atoms with van der Waals surface area (Å²) in [5.74, 6) is 0.814. The molecule has 2 N–H and O–H groups in total. The molecule has 1 saturated heterocycles. The number of carbonyl (C=O) groups excluding carboxylic acids is 2. The molecule has 0 spiro atoms. The molecule has 3 heterocycles. The lowest BCUT2D eigenvalue weighted by Gasteiger charge is -2.37. The molecule has 1 aromatic carbocycles. The van der Waals surface area contributed by atoms with Gasteiger partial charge < -0.3 is 20.1 Å². The Balaban J connectivity index is 1.23. The second-order valence-electron chi connectivity index (χ2n) is 8.51. The number of piperidine rings is 1. The second-order valence-corrected chi connectivity index (χ2v) is 8.51. The van der Waals surface area contributed by atoms with Crippen molar-refractivity contribution in [2.24, 2.45) is 5.73 Å². The maximum Gasteiger partial charge on any atom is 0.248 e. The first-order valence-electron chi connectivity index (χ1n) is 11.3. The Bertz CT molecular complexity index is 1070. The molecular formula is C25H31N5O2. The van der Waals surface area contributed by atoms with Gasteiger partial charge in [0.2, 0.25) is 11.8 Å². The maximum atomic E-state index is 12.7. The van der Waals surface area contributed by atoms with Crippen LogP contribution in [0.15, 0.2) is 54.9 Å². The van der Waals surface area contributed by atoms with Crippen molar-refractivity contribution < 1.29 is 9.59 Å². The predicted molar refractivity (Wildman–Crippen MR) is 127 cm³/mol. The minimum atomic E-state index is -0.417. The summed E-state index contributed by atoms with van der Waals surface area (Å²) in [7, 11) is 1.94. The number of nitrogens with two attached hydrogens (primary N) is 1. The van der Waals surface area contributed by atoms with Crippen LogP contribution < -0.4 is 10.6 Å². The number of hydrogen-bond acceptors (Lipinski definition) is 4. The molecule has 1 aliphatic heterocycles. The summed E-state index contributed by atoms with van der Waals surface area (Å²) < 4.78 is 2.13. The Morgan fingerprint density at radius 1 is 1.12 bits per heavy atom. The number of unbranched alkanes of at least 4 members (excludes halogenated alkanes) is 1.